The number of nitrogens with two attached hydrogens (primary N) is 1. The summed E-state index contributed by atoms with van der Waals surface area (Å²) in [7, 11) is 0. The van der Waals surface area contributed by atoms with Gasteiger partial charge in [0.1, 0.15) is 6.04 Å². The number of halogens is 1. The van der Waals surface area contributed by atoms with Crippen LogP contribution in [0.4, 0.5) is 0 Å². The predicted molar refractivity (Wildman–Crippen MR) is 101 cm³/mol. The van der Waals surface area contributed by atoms with Gasteiger partial charge in [0.15, 0.2) is 0 Å². The average molecular weight is 372 g/mol. The Morgan fingerprint density at radius 2 is 2.00 bits per heavy atom. The summed E-state index contributed by atoms with van der Waals surface area (Å²) >= 11 is 1.64. The third-order valence-electron chi connectivity index (χ3n) is 4.01. The zero-order valence-corrected chi connectivity index (χ0v) is 15.7. The van der Waals surface area contributed by atoms with Crippen molar-refractivity contribution in [3.63, 3.8) is 0 Å². The largest absolute Gasteiger partial charge is 0.339 e. The molecule has 5 nitrogen and oxygen atoms in total. The summed E-state index contributed by atoms with van der Waals surface area (Å²) in [5, 5.41) is 0. The average Bonchev–Trinajstić information content (AvgIpc) is 3.08. The molecule has 1 atom stereocenters. The summed E-state index contributed by atoms with van der Waals surface area (Å²) in [6, 6.07) is 9.76. The first-order valence-electron chi connectivity index (χ1n) is 8.07. The van der Waals surface area contributed by atoms with Gasteiger partial charge in [-0.1, -0.05) is 37.3 Å². The first-order valence-corrected chi connectivity index (χ1v) is 9.22. The molecular weight excluding hydrogens is 346 g/mol. The Hall–Kier alpha value is -1.24. The second-order valence-corrected chi connectivity index (χ2v) is 6.58. The van der Waals surface area contributed by atoms with E-state index in [1.54, 1.807) is 21.6 Å². The summed E-state index contributed by atoms with van der Waals surface area (Å²) in [5.41, 5.74) is 6.87. The number of hydrogen-bond acceptors (Lipinski definition) is 4. The summed E-state index contributed by atoms with van der Waals surface area (Å²) < 4.78 is 0. The van der Waals surface area contributed by atoms with Crippen molar-refractivity contribution in [2.75, 3.05) is 31.3 Å². The Bertz CT molecular complexity index is 530. The molecule has 1 unspecified atom stereocenters. The minimum atomic E-state index is -0.338. The lowest BCUT2D eigenvalue weighted by Gasteiger charge is -2.29. The normalized spacial score (nSPS) is 16.6. The molecule has 1 aromatic carbocycles. The molecule has 2 amide bonds. The molecule has 1 aliphatic rings. The van der Waals surface area contributed by atoms with Crippen molar-refractivity contribution < 1.29 is 9.59 Å². The van der Waals surface area contributed by atoms with Crippen molar-refractivity contribution in [3.8, 4) is 0 Å². The molecule has 1 saturated heterocycles. The highest BCUT2D eigenvalue weighted by Crippen LogP contribution is 2.23. The summed E-state index contributed by atoms with van der Waals surface area (Å²) in [5.74, 6) is 1.36. The van der Waals surface area contributed by atoms with E-state index in [2.05, 4.69) is 12.1 Å². The van der Waals surface area contributed by atoms with E-state index in [9.17, 15) is 9.59 Å². The molecule has 134 valence electrons. The van der Waals surface area contributed by atoms with E-state index in [4.69, 9.17) is 5.73 Å². The van der Waals surface area contributed by atoms with Crippen LogP contribution in [0.25, 0.3) is 0 Å². The third-order valence-corrected chi connectivity index (χ3v) is 5.03. The Labute approximate surface area is 154 Å². The lowest BCUT2D eigenvalue weighted by Crippen LogP contribution is -2.50. The van der Waals surface area contributed by atoms with E-state index >= 15 is 0 Å². The highest BCUT2D eigenvalue weighted by molar-refractivity contribution is 7.99. The van der Waals surface area contributed by atoms with Gasteiger partial charge in [0.05, 0.1) is 5.88 Å². The van der Waals surface area contributed by atoms with Gasteiger partial charge in [-0.2, -0.15) is 0 Å². The number of rotatable bonds is 7. The minimum absolute atomic E-state index is 0. The van der Waals surface area contributed by atoms with E-state index in [0.29, 0.717) is 37.7 Å². The molecule has 7 heteroatoms. The smallest absolute Gasteiger partial charge is 0.246 e. The fraction of sp³-hybridized carbons (Fsp3) is 0.529. The number of amides is 2. The van der Waals surface area contributed by atoms with E-state index in [1.807, 2.05) is 25.1 Å². The van der Waals surface area contributed by atoms with E-state index in [0.717, 1.165) is 6.42 Å². The number of thioether (sulfide) groups is 1. The molecule has 1 aromatic rings. The van der Waals surface area contributed by atoms with Gasteiger partial charge in [0, 0.05) is 31.8 Å². The molecule has 1 aliphatic heterocycles. The van der Waals surface area contributed by atoms with Gasteiger partial charge in [-0.15, -0.1) is 24.2 Å². The zero-order chi connectivity index (χ0) is 16.7. The Morgan fingerprint density at radius 3 is 2.62 bits per heavy atom. The fourth-order valence-corrected chi connectivity index (χ4v) is 3.88. The van der Waals surface area contributed by atoms with E-state index in [-0.39, 0.29) is 30.3 Å². The number of benzene rings is 1. The Kier molecular flexibility index (Phi) is 9.18. The van der Waals surface area contributed by atoms with Gasteiger partial charge in [-0.3, -0.25) is 9.59 Å². The maximum Gasteiger partial charge on any atom is 0.246 e. The lowest BCUT2D eigenvalue weighted by atomic mass is 10.1. The van der Waals surface area contributed by atoms with Crippen LogP contribution in [-0.2, 0) is 16.0 Å². The van der Waals surface area contributed by atoms with Crippen LogP contribution in [0.1, 0.15) is 18.9 Å². The first kappa shape index (κ1) is 20.8. The van der Waals surface area contributed by atoms with Gasteiger partial charge in [-0.25, -0.2) is 0 Å². The molecule has 1 heterocycles. The van der Waals surface area contributed by atoms with Crippen LogP contribution in [0.5, 0.6) is 0 Å². The van der Waals surface area contributed by atoms with Crippen molar-refractivity contribution in [2.24, 2.45) is 5.73 Å². The van der Waals surface area contributed by atoms with Crippen LogP contribution in [0.3, 0.4) is 0 Å². The van der Waals surface area contributed by atoms with Crippen LogP contribution in [0, 0.1) is 0 Å². The van der Waals surface area contributed by atoms with Gasteiger partial charge < -0.3 is 15.5 Å². The highest BCUT2D eigenvalue weighted by atomic mass is 35.5. The summed E-state index contributed by atoms with van der Waals surface area (Å²) in [6.07, 6.45) is 1.24. The molecule has 1 fully saturated rings. The number of carbonyl (C=O) groups excluding carboxylic acids is 2. The molecule has 24 heavy (non-hydrogen) atoms. The fourth-order valence-electron chi connectivity index (χ4n) is 2.70. The first-order chi connectivity index (χ1) is 11.2. The second-order valence-electron chi connectivity index (χ2n) is 5.58. The van der Waals surface area contributed by atoms with Crippen LogP contribution in [0.2, 0.25) is 0 Å². The minimum Gasteiger partial charge on any atom is -0.339 e. The molecule has 2 rings (SSSR count). The van der Waals surface area contributed by atoms with Crippen molar-refractivity contribution >= 4 is 36.0 Å². The maximum atomic E-state index is 12.9. The molecular formula is C17H26ClN3O2S. The van der Waals surface area contributed by atoms with Gasteiger partial charge >= 0.3 is 0 Å². The standard InChI is InChI=1S/C17H25N3O2S.ClH/c1-2-16(21)20-13-23-12-15(20)17(22)19(11-9-18)10-8-14-6-4-3-5-7-14;/h3-7,15H,2,8-13,18H2,1H3;1H. The Balaban J connectivity index is 0.00000288. The monoisotopic (exact) mass is 371 g/mol. The second kappa shape index (κ2) is 10.6. The quantitative estimate of drug-likeness (QED) is 0.793. The van der Waals surface area contributed by atoms with Crippen molar-refractivity contribution in [1.82, 2.24) is 9.80 Å². The summed E-state index contributed by atoms with van der Waals surface area (Å²) in [4.78, 5) is 28.4. The predicted octanol–water partition coefficient (Wildman–Crippen LogP) is 1.75. The van der Waals surface area contributed by atoms with Crippen LogP contribution in [0.15, 0.2) is 30.3 Å². The van der Waals surface area contributed by atoms with Crippen LogP contribution >= 0.6 is 24.2 Å². The van der Waals surface area contributed by atoms with Gasteiger partial charge in [-0.05, 0) is 12.0 Å². The topological polar surface area (TPSA) is 66.6 Å². The lowest BCUT2D eigenvalue weighted by molar-refractivity contribution is -0.143. The van der Waals surface area contributed by atoms with Crippen molar-refractivity contribution in [2.45, 2.75) is 25.8 Å². The summed E-state index contributed by atoms with van der Waals surface area (Å²) in [6.45, 7) is 3.43. The molecule has 0 aliphatic carbocycles. The number of nitrogens with zero attached hydrogens (tertiary/aromatic N) is 2. The van der Waals surface area contributed by atoms with Crippen LogP contribution < -0.4 is 5.73 Å². The zero-order valence-electron chi connectivity index (χ0n) is 14.0. The van der Waals surface area contributed by atoms with E-state index < -0.39 is 0 Å². The highest BCUT2D eigenvalue weighted by Gasteiger charge is 2.36. The molecule has 0 spiro atoms. The van der Waals surface area contributed by atoms with Crippen molar-refractivity contribution in [1.29, 1.82) is 0 Å². The number of hydrogen-bond donors (Lipinski definition) is 1. The van der Waals surface area contributed by atoms with Gasteiger partial charge in [0.2, 0.25) is 11.8 Å². The van der Waals surface area contributed by atoms with E-state index in [1.165, 1.54) is 5.56 Å². The van der Waals surface area contributed by atoms with Crippen LogP contribution in [-0.4, -0.2) is 58.9 Å². The molecule has 0 aromatic heterocycles. The third kappa shape index (κ3) is 5.40. The SMILES string of the molecule is CCC(=O)N1CSCC1C(=O)N(CCN)CCc1ccccc1.Cl. The molecule has 2 N–H and O–H groups in total. The molecule has 0 bridgehead atoms. The Morgan fingerprint density at radius 1 is 1.29 bits per heavy atom. The van der Waals surface area contributed by atoms with Crippen molar-refractivity contribution in [3.05, 3.63) is 35.9 Å². The molecule has 0 saturated carbocycles. The molecule has 0 radical (unpaired) electrons. The maximum absolute atomic E-state index is 12.9. The van der Waals surface area contributed by atoms with Gasteiger partial charge in [0.25, 0.3) is 0 Å². The number of carbonyl (C=O) groups is 2.